The van der Waals surface area contributed by atoms with Crippen LogP contribution in [0.2, 0.25) is 0 Å². The minimum absolute atomic E-state index is 0.715. The Hall–Kier alpha value is -7.06. The van der Waals surface area contributed by atoms with Gasteiger partial charge in [-0.1, -0.05) is 24.3 Å². The van der Waals surface area contributed by atoms with Crippen molar-refractivity contribution in [3.8, 4) is 23.0 Å². The molecular weight excluding hydrogens is 721 g/mol. The molecule has 0 unspecified atom stereocenters. The smallest absolute Gasteiger partial charge is 0.160 e. The molecule has 0 spiro atoms. The fraction of sp³-hybridized carbons (Fsp3) is 0.160. The van der Waals surface area contributed by atoms with Crippen molar-refractivity contribution >= 4 is 34.5 Å². The first-order chi connectivity index (χ1) is 28.5. The molecule has 2 aliphatic heterocycles. The van der Waals surface area contributed by atoms with Gasteiger partial charge < -0.3 is 18.9 Å². The molecule has 12 rings (SSSR count). The van der Waals surface area contributed by atoms with Gasteiger partial charge in [-0.05, 0) is 157 Å². The molecule has 0 saturated carbocycles. The summed E-state index contributed by atoms with van der Waals surface area (Å²) >= 11 is 0. The van der Waals surface area contributed by atoms with E-state index in [4.69, 9.17) is 39.6 Å². The van der Waals surface area contributed by atoms with Crippen molar-refractivity contribution in [1.82, 2.24) is 10.6 Å². The van der Waals surface area contributed by atoms with Crippen molar-refractivity contribution in [3.63, 3.8) is 0 Å². The molecule has 2 heterocycles. The van der Waals surface area contributed by atoms with Crippen LogP contribution in [0.15, 0.2) is 143 Å². The van der Waals surface area contributed by atoms with E-state index >= 15 is 0 Å². The Labute approximate surface area is 339 Å². The van der Waals surface area contributed by atoms with E-state index in [2.05, 4.69) is 36.4 Å². The lowest BCUT2D eigenvalue weighted by Crippen LogP contribution is -2.17. The highest BCUT2D eigenvalue weighted by Gasteiger charge is 2.28. The van der Waals surface area contributed by atoms with Crippen LogP contribution in [0.3, 0.4) is 0 Å². The first-order valence-electron chi connectivity index (χ1n) is 19.4. The molecule has 6 aromatic carbocycles. The van der Waals surface area contributed by atoms with E-state index < -0.39 is 0 Å². The summed E-state index contributed by atoms with van der Waals surface area (Å²) in [7, 11) is 6.70. The summed E-state index contributed by atoms with van der Waals surface area (Å²) < 4.78 is 21.9. The number of hydrogen-bond acceptors (Lipinski definition) is 6. The number of benzene rings is 6. The van der Waals surface area contributed by atoms with Crippen LogP contribution in [0.25, 0.3) is 22.8 Å². The lowest BCUT2D eigenvalue weighted by Gasteiger charge is -2.17. The molecule has 2 radical (unpaired) electrons. The Morgan fingerprint density at radius 3 is 0.966 bits per heavy atom. The molecule has 4 bridgehead atoms. The molecule has 0 saturated heterocycles. The van der Waals surface area contributed by atoms with E-state index in [1.165, 1.54) is 22.3 Å². The Morgan fingerprint density at radius 2 is 0.655 bits per heavy atom. The van der Waals surface area contributed by atoms with Gasteiger partial charge in [0.2, 0.25) is 0 Å². The zero-order valence-electron chi connectivity index (χ0n) is 33.0. The van der Waals surface area contributed by atoms with Crippen molar-refractivity contribution in [2.75, 3.05) is 28.4 Å². The average molecular weight is 763 g/mol. The lowest BCUT2D eigenvalue weighted by molar-refractivity contribution is 0.414. The van der Waals surface area contributed by atoms with Crippen molar-refractivity contribution in [1.29, 1.82) is 0 Å². The Morgan fingerprint density at radius 1 is 0.345 bits per heavy atom. The number of rotatable bonds is 10. The predicted octanol–water partition coefficient (Wildman–Crippen LogP) is 9.39. The molecule has 0 N–H and O–H groups in total. The summed E-state index contributed by atoms with van der Waals surface area (Å²) in [5.41, 5.74) is 14.1. The topological polar surface area (TPSA) is 89.8 Å². The average Bonchev–Trinajstić information content (AvgIpc) is 3.93. The quantitative estimate of drug-likeness (QED) is 0.139. The zero-order chi connectivity index (χ0) is 39.6. The summed E-state index contributed by atoms with van der Waals surface area (Å²) in [6.07, 6.45) is 3.28. The number of nitrogens with zero attached hydrogens (tertiary/aromatic N) is 4. The van der Waals surface area contributed by atoms with Gasteiger partial charge in [0, 0.05) is 33.4 Å². The number of methoxy groups -OCH3 is 4. The third kappa shape index (κ3) is 7.21. The van der Waals surface area contributed by atoms with E-state index in [0.717, 1.165) is 105 Å². The highest BCUT2D eigenvalue weighted by molar-refractivity contribution is 6.16. The van der Waals surface area contributed by atoms with Crippen LogP contribution in [0.4, 0.5) is 0 Å². The molecule has 286 valence electrons. The van der Waals surface area contributed by atoms with Gasteiger partial charge in [0.05, 0.1) is 51.2 Å². The maximum atomic E-state index is 5.46. The van der Waals surface area contributed by atoms with Gasteiger partial charge in [-0.3, -0.25) is 0 Å². The van der Waals surface area contributed by atoms with Gasteiger partial charge in [-0.25, -0.2) is 20.6 Å². The van der Waals surface area contributed by atoms with Crippen molar-refractivity contribution in [3.05, 3.63) is 189 Å². The Bertz CT molecular complexity index is 2440. The molecule has 8 heteroatoms. The van der Waals surface area contributed by atoms with Crippen molar-refractivity contribution < 1.29 is 18.9 Å². The zero-order valence-corrected chi connectivity index (χ0v) is 33.0. The number of ether oxygens (including phenoxy) is 4. The highest BCUT2D eigenvalue weighted by Crippen LogP contribution is 2.37. The molecule has 0 atom stereocenters. The molecule has 0 fully saturated rings. The summed E-state index contributed by atoms with van der Waals surface area (Å²) in [6.45, 7) is 0. The van der Waals surface area contributed by atoms with Gasteiger partial charge in [0.1, 0.15) is 23.0 Å². The molecule has 58 heavy (non-hydrogen) atoms. The SMILES string of the molecule is COc1ccc(C2=C(c3ccc(OC)cc3)N=C(c3cc4ccc3CCc3ccc(cc3C3=NC(c5ccc(OC)cc5)=C(c5ccc(OC)cc5)[N]3)CC4)[N]2)cc1. The van der Waals surface area contributed by atoms with Gasteiger partial charge in [0.25, 0.3) is 0 Å². The molecule has 6 aliphatic rings. The Kier molecular flexibility index (Phi) is 9.98. The molecule has 6 aromatic rings. The molecule has 8 nitrogen and oxygen atoms in total. The summed E-state index contributed by atoms with van der Waals surface area (Å²) in [6, 6.07) is 45.7. The van der Waals surface area contributed by atoms with Gasteiger partial charge >= 0.3 is 0 Å². The number of hydrogen-bond donors (Lipinski definition) is 0. The minimum atomic E-state index is 0.715. The number of amidine groups is 2. The first-order valence-corrected chi connectivity index (χ1v) is 19.4. The van der Waals surface area contributed by atoms with Crippen molar-refractivity contribution in [2.24, 2.45) is 9.98 Å². The molecule has 0 amide bonds. The fourth-order valence-corrected chi connectivity index (χ4v) is 7.70. The van der Waals surface area contributed by atoms with E-state index in [0.29, 0.717) is 11.7 Å². The fourth-order valence-electron chi connectivity index (χ4n) is 7.70. The van der Waals surface area contributed by atoms with Crippen LogP contribution in [0.1, 0.15) is 55.6 Å². The van der Waals surface area contributed by atoms with Crippen LogP contribution in [0, 0.1) is 0 Å². The normalized spacial score (nSPS) is 14.6. The number of aryl methyl sites for hydroxylation is 4. The van der Waals surface area contributed by atoms with Crippen molar-refractivity contribution in [2.45, 2.75) is 25.7 Å². The van der Waals surface area contributed by atoms with Gasteiger partial charge in [-0.15, -0.1) is 0 Å². The van der Waals surface area contributed by atoms with E-state index in [1.54, 1.807) is 28.4 Å². The van der Waals surface area contributed by atoms with Gasteiger partial charge in [0.15, 0.2) is 11.7 Å². The predicted molar refractivity (Wildman–Crippen MR) is 231 cm³/mol. The van der Waals surface area contributed by atoms with Crippen LogP contribution >= 0.6 is 0 Å². The summed E-state index contributed by atoms with van der Waals surface area (Å²) in [5, 5.41) is 10.6. The second-order valence-corrected chi connectivity index (χ2v) is 14.4. The number of aliphatic imine (C=N–C) groups is 2. The van der Waals surface area contributed by atoms with Crippen LogP contribution in [-0.2, 0) is 25.7 Å². The first kappa shape index (κ1) is 36.6. The van der Waals surface area contributed by atoms with Crippen LogP contribution in [-0.4, -0.2) is 40.1 Å². The molecule has 4 aliphatic carbocycles. The minimum Gasteiger partial charge on any atom is -0.497 e. The van der Waals surface area contributed by atoms with Gasteiger partial charge in [-0.2, -0.15) is 0 Å². The molecular formula is C50H42N4O4. The maximum absolute atomic E-state index is 5.46. The van der Waals surface area contributed by atoms with Crippen LogP contribution in [0.5, 0.6) is 23.0 Å². The summed E-state index contributed by atoms with van der Waals surface area (Å²) in [4.78, 5) is 10.6. The lowest BCUT2D eigenvalue weighted by atomic mass is 9.90. The molecule has 0 aromatic heterocycles. The van der Waals surface area contributed by atoms with E-state index in [-0.39, 0.29) is 0 Å². The second-order valence-electron chi connectivity index (χ2n) is 14.4. The van der Waals surface area contributed by atoms with E-state index in [9.17, 15) is 0 Å². The third-order valence-electron chi connectivity index (χ3n) is 11.0. The largest absolute Gasteiger partial charge is 0.497 e. The Balaban J connectivity index is 1.06. The van der Waals surface area contributed by atoms with Crippen LogP contribution < -0.4 is 29.6 Å². The maximum Gasteiger partial charge on any atom is 0.160 e. The highest BCUT2D eigenvalue weighted by atomic mass is 16.5. The standard InChI is InChI=1S/C50H42N4O4/c1-55-39-21-13-35(14-22-39)45-46(36-15-23-40(56-2)24-16-36)52-49(51-45)43-29-31-5-6-32-8-10-34(12-11-33(43)9-7-31)44(30-32)50-53-47(37-17-25-41(57-3)26-18-37)48(54-50)38-19-27-42(58-4)28-20-38/h7-10,13-30H,5-6,11-12H2,1-4H3. The second kappa shape index (κ2) is 15.8. The summed E-state index contributed by atoms with van der Waals surface area (Å²) in [5.74, 6) is 4.59. The monoisotopic (exact) mass is 762 g/mol. The van der Waals surface area contributed by atoms with E-state index in [1.807, 2.05) is 97.1 Å². The third-order valence-corrected chi connectivity index (χ3v) is 11.0.